The van der Waals surface area contributed by atoms with Crippen molar-refractivity contribution in [2.45, 2.75) is 27.4 Å². The Labute approximate surface area is 141 Å². The fourth-order valence-electron chi connectivity index (χ4n) is 3.40. The van der Waals surface area contributed by atoms with Gasteiger partial charge in [0.1, 0.15) is 12.4 Å². The number of hydrogen-bond acceptors (Lipinski definition) is 4. The minimum Gasteiger partial charge on any atom is -0.485 e. The number of benzene rings is 1. The van der Waals surface area contributed by atoms with Gasteiger partial charge in [-0.25, -0.2) is 9.97 Å². The molecule has 24 heavy (non-hydrogen) atoms. The second-order valence-corrected chi connectivity index (χ2v) is 6.18. The summed E-state index contributed by atoms with van der Waals surface area (Å²) in [4.78, 5) is 11.4. The monoisotopic (exact) mass is 317 g/mol. The van der Waals surface area contributed by atoms with Gasteiger partial charge in [-0.2, -0.15) is 0 Å². The molecule has 1 aliphatic rings. The number of aromatic nitrogens is 2. The maximum Gasteiger partial charge on any atom is 0.181 e. The molecule has 1 aliphatic heterocycles. The third-order valence-corrected chi connectivity index (χ3v) is 4.28. The Morgan fingerprint density at radius 1 is 0.917 bits per heavy atom. The number of fused-ring (bicyclic) bond motifs is 2. The Hall–Kier alpha value is -2.88. The van der Waals surface area contributed by atoms with E-state index in [0.717, 1.165) is 28.6 Å². The minimum absolute atomic E-state index is 0.488. The van der Waals surface area contributed by atoms with E-state index in [2.05, 4.69) is 53.8 Å². The van der Waals surface area contributed by atoms with Crippen LogP contribution in [0.3, 0.4) is 0 Å². The summed E-state index contributed by atoms with van der Waals surface area (Å²) in [6, 6.07) is 12.2. The predicted molar refractivity (Wildman–Crippen MR) is 95.3 cm³/mol. The van der Waals surface area contributed by atoms with Gasteiger partial charge in [0.2, 0.25) is 0 Å². The van der Waals surface area contributed by atoms with E-state index in [-0.39, 0.29) is 0 Å². The van der Waals surface area contributed by atoms with Gasteiger partial charge in [-0.3, -0.25) is 4.90 Å². The van der Waals surface area contributed by atoms with Gasteiger partial charge >= 0.3 is 0 Å². The first kappa shape index (κ1) is 14.7. The molecule has 0 bridgehead atoms. The lowest BCUT2D eigenvalue weighted by Crippen LogP contribution is -2.16. The Morgan fingerprint density at radius 3 is 2.33 bits per heavy atom. The summed E-state index contributed by atoms with van der Waals surface area (Å²) >= 11 is 0. The van der Waals surface area contributed by atoms with Crippen LogP contribution in [0.1, 0.15) is 22.3 Å². The van der Waals surface area contributed by atoms with Crippen LogP contribution in [0.25, 0.3) is 0 Å². The zero-order valence-corrected chi connectivity index (χ0v) is 14.1. The zero-order chi connectivity index (χ0) is 16.7. The molecule has 0 unspecified atom stereocenters. The van der Waals surface area contributed by atoms with Crippen LogP contribution in [0, 0.1) is 20.8 Å². The van der Waals surface area contributed by atoms with E-state index in [0.29, 0.717) is 6.61 Å². The van der Waals surface area contributed by atoms with Gasteiger partial charge in [-0.1, -0.05) is 23.8 Å². The standard InChI is InChI=1S/C20H19N3O/c1-13-10-14(2)18(15(3)11-13)23-19-16(6-4-8-21-19)12-24-17-7-5-9-22-20(17)23/h4-11H,12H2,1-3H3. The molecular weight excluding hydrogens is 298 g/mol. The molecule has 0 N–H and O–H groups in total. The van der Waals surface area contributed by atoms with Crippen LogP contribution in [0.15, 0.2) is 48.8 Å². The maximum atomic E-state index is 5.99. The molecule has 0 atom stereocenters. The normalized spacial score (nSPS) is 12.9. The highest BCUT2D eigenvalue weighted by molar-refractivity contribution is 5.81. The highest BCUT2D eigenvalue weighted by Crippen LogP contribution is 2.44. The van der Waals surface area contributed by atoms with Crippen LogP contribution in [0.5, 0.6) is 5.75 Å². The number of aryl methyl sites for hydroxylation is 3. The highest BCUT2D eigenvalue weighted by atomic mass is 16.5. The fourth-order valence-corrected chi connectivity index (χ4v) is 3.40. The molecule has 0 spiro atoms. The highest BCUT2D eigenvalue weighted by Gasteiger charge is 2.27. The fraction of sp³-hybridized carbons (Fsp3) is 0.200. The van der Waals surface area contributed by atoms with Gasteiger partial charge in [-0.05, 0) is 50.1 Å². The van der Waals surface area contributed by atoms with E-state index < -0.39 is 0 Å². The Bertz CT molecular complexity index is 850. The molecular formula is C20H19N3O. The summed E-state index contributed by atoms with van der Waals surface area (Å²) in [5.74, 6) is 2.44. The molecule has 4 rings (SSSR count). The summed E-state index contributed by atoms with van der Waals surface area (Å²) in [6.07, 6.45) is 3.61. The number of nitrogens with zero attached hydrogens (tertiary/aromatic N) is 3. The molecule has 120 valence electrons. The van der Waals surface area contributed by atoms with E-state index in [4.69, 9.17) is 4.74 Å². The van der Waals surface area contributed by atoms with Crippen molar-refractivity contribution in [3.05, 3.63) is 71.0 Å². The molecule has 0 radical (unpaired) electrons. The third kappa shape index (κ3) is 2.31. The van der Waals surface area contributed by atoms with Crippen LogP contribution in [0.2, 0.25) is 0 Å². The third-order valence-electron chi connectivity index (χ3n) is 4.28. The molecule has 3 aromatic rings. The topological polar surface area (TPSA) is 38.2 Å². The largest absolute Gasteiger partial charge is 0.485 e. The average Bonchev–Trinajstić information content (AvgIpc) is 2.72. The summed E-state index contributed by atoms with van der Waals surface area (Å²) in [5.41, 5.74) is 5.81. The van der Waals surface area contributed by atoms with Crippen molar-refractivity contribution in [3.63, 3.8) is 0 Å². The number of hydrogen-bond donors (Lipinski definition) is 0. The zero-order valence-electron chi connectivity index (χ0n) is 14.1. The van der Waals surface area contributed by atoms with E-state index >= 15 is 0 Å². The van der Waals surface area contributed by atoms with Crippen molar-refractivity contribution >= 4 is 17.3 Å². The summed E-state index contributed by atoms with van der Waals surface area (Å²) < 4.78 is 5.99. The lowest BCUT2D eigenvalue weighted by molar-refractivity contribution is 0.309. The summed E-state index contributed by atoms with van der Waals surface area (Å²) in [6.45, 7) is 6.87. The lowest BCUT2D eigenvalue weighted by Gasteiger charge is -2.27. The molecule has 4 nitrogen and oxygen atoms in total. The smallest absolute Gasteiger partial charge is 0.181 e. The molecule has 0 amide bonds. The van der Waals surface area contributed by atoms with Gasteiger partial charge < -0.3 is 4.74 Å². The molecule has 0 saturated heterocycles. The lowest BCUT2D eigenvalue weighted by atomic mass is 10.0. The van der Waals surface area contributed by atoms with E-state index in [1.807, 2.05) is 24.4 Å². The average molecular weight is 317 g/mol. The number of pyridine rings is 2. The first-order chi connectivity index (χ1) is 11.6. The summed E-state index contributed by atoms with van der Waals surface area (Å²) in [5, 5.41) is 0. The molecule has 3 heterocycles. The van der Waals surface area contributed by atoms with Crippen molar-refractivity contribution in [2.75, 3.05) is 4.90 Å². The predicted octanol–water partition coefficient (Wildman–Crippen LogP) is 4.76. The van der Waals surface area contributed by atoms with Crippen molar-refractivity contribution in [3.8, 4) is 5.75 Å². The number of rotatable bonds is 1. The number of anilines is 3. The Kier molecular flexibility index (Phi) is 3.45. The first-order valence-corrected chi connectivity index (χ1v) is 8.05. The Morgan fingerprint density at radius 2 is 1.58 bits per heavy atom. The van der Waals surface area contributed by atoms with Crippen molar-refractivity contribution < 1.29 is 4.74 Å². The van der Waals surface area contributed by atoms with Gasteiger partial charge in [0, 0.05) is 18.0 Å². The van der Waals surface area contributed by atoms with Gasteiger partial charge in [0.05, 0.1) is 5.69 Å². The van der Waals surface area contributed by atoms with Crippen LogP contribution < -0.4 is 9.64 Å². The molecule has 1 aromatic carbocycles. The molecule has 0 saturated carbocycles. The van der Waals surface area contributed by atoms with Crippen molar-refractivity contribution in [1.29, 1.82) is 0 Å². The van der Waals surface area contributed by atoms with Gasteiger partial charge in [0.25, 0.3) is 0 Å². The second-order valence-electron chi connectivity index (χ2n) is 6.18. The molecule has 2 aromatic heterocycles. The molecule has 4 heteroatoms. The van der Waals surface area contributed by atoms with Crippen LogP contribution in [0.4, 0.5) is 17.3 Å². The first-order valence-electron chi connectivity index (χ1n) is 8.05. The van der Waals surface area contributed by atoms with E-state index in [9.17, 15) is 0 Å². The van der Waals surface area contributed by atoms with Crippen LogP contribution >= 0.6 is 0 Å². The SMILES string of the molecule is Cc1cc(C)c(N2c3ncccc3COc3cccnc32)c(C)c1. The molecule has 0 fully saturated rings. The summed E-state index contributed by atoms with van der Waals surface area (Å²) in [7, 11) is 0. The second kappa shape index (κ2) is 5.64. The van der Waals surface area contributed by atoms with Crippen LogP contribution in [-0.2, 0) is 6.61 Å². The van der Waals surface area contributed by atoms with E-state index in [1.165, 1.54) is 16.7 Å². The molecule has 0 aliphatic carbocycles. The number of ether oxygens (including phenoxy) is 1. The Balaban J connectivity index is 2.04. The quantitative estimate of drug-likeness (QED) is 0.648. The minimum atomic E-state index is 0.488. The van der Waals surface area contributed by atoms with Gasteiger partial charge in [-0.15, -0.1) is 0 Å². The maximum absolute atomic E-state index is 5.99. The van der Waals surface area contributed by atoms with Crippen molar-refractivity contribution in [2.24, 2.45) is 0 Å². The van der Waals surface area contributed by atoms with Crippen molar-refractivity contribution in [1.82, 2.24) is 9.97 Å². The van der Waals surface area contributed by atoms with Gasteiger partial charge in [0.15, 0.2) is 11.6 Å². The van der Waals surface area contributed by atoms with Crippen LogP contribution in [-0.4, -0.2) is 9.97 Å². The van der Waals surface area contributed by atoms with E-state index in [1.54, 1.807) is 6.20 Å².